The Morgan fingerprint density at radius 3 is 2.52 bits per heavy atom. The summed E-state index contributed by atoms with van der Waals surface area (Å²) in [4.78, 5) is 37.8. The molecule has 2 aromatic rings. The van der Waals surface area contributed by atoms with E-state index in [0.717, 1.165) is 0 Å². The summed E-state index contributed by atoms with van der Waals surface area (Å²) in [5, 5.41) is 3.80. The zero-order chi connectivity index (χ0) is 21.2. The minimum absolute atomic E-state index is 0.426. The molecule has 0 saturated carbocycles. The minimum Gasteiger partial charge on any atom is -0.497 e. The molecular weight excluding hydrogens is 398 g/mol. The molecule has 3 rings (SSSR count). The van der Waals surface area contributed by atoms with Gasteiger partial charge in [0.05, 0.1) is 7.11 Å². The number of urea groups is 1. The molecule has 2 atom stereocenters. The van der Waals surface area contributed by atoms with E-state index in [1.807, 2.05) is 0 Å². The molecule has 2 N–H and O–H groups in total. The summed E-state index contributed by atoms with van der Waals surface area (Å²) >= 11 is 5.82. The van der Waals surface area contributed by atoms with Crippen molar-refractivity contribution in [3.63, 3.8) is 0 Å². The van der Waals surface area contributed by atoms with Gasteiger partial charge in [0.1, 0.15) is 17.0 Å². The summed E-state index contributed by atoms with van der Waals surface area (Å²) in [6.07, 6.45) is -0.958. The van der Waals surface area contributed by atoms with Gasteiger partial charge < -0.3 is 14.8 Å². The second-order valence-corrected chi connectivity index (χ2v) is 7.05. The highest BCUT2D eigenvalue weighted by Crippen LogP contribution is 2.30. The summed E-state index contributed by atoms with van der Waals surface area (Å²) in [6, 6.07) is 12.5. The number of methoxy groups -OCH3 is 1. The van der Waals surface area contributed by atoms with Crippen LogP contribution in [0.5, 0.6) is 11.5 Å². The molecule has 0 spiro atoms. The Morgan fingerprint density at radius 2 is 1.86 bits per heavy atom. The second kappa shape index (κ2) is 8.00. The lowest BCUT2D eigenvalue weighted by atomic mass is 9.92. The first-order chi connectivity index (χ1) is 13.7. The van der Waals surface area contributed by atoms with Crippen LogP contribution in [0.3, 0.4) is 0 Å². The summed E-state index contributed by atoms with van der Waals surface area (Å²) in [5.41, 5.74) is 1.49. The molecule has 9 heteroatoms. The van der Waals surface area contributed by atoms with Crippen LogP contribution in [-0.4, -0.2) is 36.1 Å². The van der Waals surface area contributed by atoms with Crippen molar-refractivity contribution in [2.45, 2.75) is 25.5 Å². The van der Waals surface area contributed by atoms with Crippen molar-refractivity contribution in [1.29, 1.82) is 0 Å². The molecule has 8 nitrogen and oxygen atoms in total. The van der Waals surface area contributed by atoms with Gasteiger partial charge in [0.2, 0.25) is 0 Å². The summed E-state index contributed by atoms with van der Waals surface area (Å²) in [6.45, 7) is 3.06. The zero-order valence-corrected chi connectivity index (χ0v) is 16.8. The highest BCUT2D eigenvalue weighted by Gasteiger charge is 2.50. The fourth-order valence-corrected chi connectivity index (χ4v) is 2.97. The molecule has 152 valence electrons. The Kier molecular flexibility index (Phi) is 5.65. The first-order valence-corrected chi connectivity index (χ1v) is 9.16. The lowest BCUT2D eigenvalue weighted by Gasteiger charge is -2.23. The van der Waals surface area contributed by atoms with Crippen molar-refractivity contribution in [2.75, 3.05) is 7.11 Å². The molecule has 1 aliphatic rings. The van der Waals surface area contributed by atoms with Crippen LogP contribution in [-0.2, 0) is 15.1 Å². The number of carbonyl (C=O) groups excluding carboxylic acids is 3. The van der Waals surface area contributed by atoms with Crippen LogP contribution in [0.1, 0.15) is 19.4 Å². The quantitative estimate of drug-likeness (QED) is 0.704. The number of imide groups is 1. The van der Waals surface area contributed by atoms with Gasteiger partial charge in [-0.2, -0.15) is 5.01 Å². The van der Waals surface area contributed by atoms with Gasteiger partial charge in [-0.05, 0) is 55.8 Å². The number of benzene rings is 2. The predicted molar refractivity (Wildman–Crippen MR) is 105 cm³/mol. The second-order valence-electron chi connectivity index (χ2n) is 6.62. The Morgan fingerprint density at radius 1 is 1.17 bits per heavy atom. The number of nitrogens with one attached hydrogen (secondary N) is 2. The van der Waals surface area contributed by atoms with Crippen molar-refractivity contribution in [2.24, 2.45) is 0 Å². The van der Waals surface area contributed by atoms with Crippen molar-refractivity contribution >= 4 is 29.4 Å². The van der Waals surface area contributed by atoms with E-state index in [2.05, 4.69) is 10.7 Å². The highest BCUT2D eigenvalue weighted by atomic mass is 35.5. The topological polar surface area (TPSA) is 97.0 Å². The number of hydrazine groups is 1. The molecule has 1 saturated heterocycles. The third kappa shape index (κ3) is 4.12. The van der Waals surface area contributed by atoms with Crippen LogP contribution in [0, 0.1) is 0 Å². The Hall–Kier alpha value is -3.26. The normalized spacial score (nSPS) is 19.5. The lowest BCUT2D eigenvalue weighted by molar-refractivity contribution is -0.141. The van der Waals surface area contributed by atoms with Crippen LogP contribution in [0.2, 0.25) is 5.02 Å². The minimum atomic E-state index is -1.35. The van der Waals surface area contributed by atoms with Crippen LogP contribution in [0.25, 0.3) is 0 Å². The number of halogens is 1. The number of nitrogens with zero attached hydrogens (tertiary/aromatic N) is 1. The fourth-order valence-electron chi connectivity index (χ4n) is 2.84. The number of rotatable bonds is 6. The van der Waals surface area contributed by atoms with E-state index in [0.29, 0.717) is 27.1 Å². The smallest absolute Gasteiger partial charge is 0.344 e. The summed E-state index contributed by atoms with van der Waals surface area (Å²) in [7, 11) is 1.51. The van der Waals surface area contributed by atoms with E-state index >= 15 is 0 Å². The van der Waals surface area contributed by atoms with Crippen molar-refractivity contribution in [3.05, 3.63) is 59.1 Å². The number of ether oxygens (including phenoxy) is 2. The van der Waals surface area contributed by atoms with Gasteiger partial charge in [0.25, 0.3) is 11.8 Å². The standard InChI is InChI=1S/C20H20ClN3O5/c1-12(29-15-9-7-14(21)8-10-15)17(25)23-24-18(26)20(2,22-19(24)27)13-5-4-6-16(11-13)28-3/h4-12H,1-3H3,(H,22,27)(H,23,25)/t12-,20-/m0/s1. The molecule has 0 aromatic heterocycles. The third-order valence-electron chi connectivity index (χ3n) is 4.56. The average molecular weight is 418 g/mol. The Labute approximate surface area is 172 Å². The average Bonchev–Trinajstić information content (AvgIpc) is 2.93. The maximum Gasteiger partial charge on any atom is 0.344 e. The van der Waals surface area contributed by atoms with Gasteiger partial charge in [-0.3, -0.25) is 15.0 Å². The van der Waals surface area contributed by atoms with Crippen molar-refractivity contribution < 1.29 is 23.9 Å². The molecule has 0 unspecified atom stereocenters. The SMILES string of the molecule is COc1cccc([C@]2(C)NC(=O)N(NC(=O)[C@H](C)Oc3ccc(Cl)cc3)C2=O)c1. The third-order valence-corrected chi connectivity index (χ3v) is 4.81. The van der Waals surface area contributed by atoms with Gasteiger partial charge in [-0.15, -0.1) is 0 Å². The highest BCUT2D eigenvalue weighted by molar-refractivity contribution is 6.30. The molecule has 0 radical (unpaired) electrons. The lowest BCUT2D eigenvalue weighted by Crippen LogP contribution is -2.51. The van der Waals surface area contributed by atoms with Crippen molar-refractivity contribution in [3.8, 4) is 11.5 Å². The van der Waals surface area contributed by atoms with Crippen LogP contribution < -0.4 is 20.2 Å². The molecule has 1 aliphatic heterocycles. The van der Waals surface area contributed by atoms with Gasteiger partial charge >= 0.3 is 6.03 Å². The van der Waals surface area contributed by atoms with E-state index in [1.54, 1.807) is 55.5 Å². The molecular formula is C20H20ClN3O5. The van der Waals surface area contributed by atoms with Crippen LogP contribution in [0.4, 0.5) is 4.79 Å². The molecule has 4 amide bonds. The predicted octanol–water partition coefficient (Wildman–Crippen LogP) is 2.61. The van der Waals surface area contributed by atoms with Gasteiger partial charge in [-0.1, -0.05) is 23.7 Å². The first-order valence-electron chi connectivity index (χ1n) is 8.78. The number of hydrogen-bond acceptors (Lipinski definition) is 5. The Bertz CT molecular complexity index is 949. The molecule has 0 aliphatic carbocycles. The summed E-state index contributed by atoms with van der Waals surface area (Å²) in [5.74, 6) is -0.310. The van der Waals surface area contributed by atoms with E-state index in [-0.39, 0.29) is 0 Å². The summed E-state index contributed by atoms with van der Waals surface area (Å²) < 4.78 is 10.7. The van der Waals surface area contributed by atoms with E-state index < -0.39 is 29.5 Å². The van der Waals surface area contributed by atoms with Crippen LogP contribution >= 0.6 is 11.6 Å². The molecule has 29 heavy (non-hydrogen) atoms. The maximum absolute atomic E-state index is 12.9. The molecule has 2 aromatic carbocycles. The first kappa shape index (κ1) is 20.5. The van der Waals surface area contributed by atoms with Gasteiger partial charge in [0.15, 0.2) is 6.10 Å². The maximum atomic E-state index is 12.9. The van der Waals surface area contributed by atoms with E-state index in [1.165, 1.54) is 14.0 Å². The van der Waals surface area contributed by atoms with Gasteiger partial charge in [0, 0.05) is 5.02 Å². The molecule has 1 fully saturated rings. The van der Waals surface area contributed by atoms with Crippen molar-refractivity contribution in [1.82, 2.24) is 15.8 Å². The molecule has 0 bridgehead atoms. The van der Waals surface area contributed by atoms with E-state index in [4.69, 9.17) is 21.1 Å². The Balaban J connectivity index is 1.72. The number of carbonyl (C=O) groups is 3. The zero-order valence-electron chi connectivity index (χ0n) is 16.1. The van der Waals surface area contributed by atoms with Crippen LogP contribution in [0.15, 0.2) is 48.5 Å². The molecule has 1 heterocycles. The van der Waals surface area contributed by atoms with Gasteiger partial charge in [-0.25, -0.2) is 4.79 Å². The number of hydrogen-bond donors (Lipinski definition) is 2. The number of amides is 4. The largest absolute Gasteiger partial charge is 0.497 e. The van der Waals surface area contributed by atoms with E-state index in [9.17, 15) is 14.4 Å². The monoisotopic (exact) mass is 417 g/mol. The fraction of sp³-hybridized carbons (Fsp3) is 0.250.